The number of ether oxygens (including phenoxy) is 1. The van der Waals surface area contributed by atoms with E-state index >= 15 is 0 Å². The number of benzene rings is 1. The first kappa shape index (κ1) is 15.7. The third-order valence-corrected chi connectivity index (χ3v) is 4.66. The van der Waals surface area contributed by atoms with Gasteiger partial charge >= 0.3 is 0 Å². The molecule has 1 aromatic carbocycles. The second-order valence-corrected chi connectivity index (χ2v) is 6.47. The van der Waals surface area contributed by atoms with Gasteiger partial charge in [0.1, 0.15) is 11.3 Å². The van der Waals surface area contributed by atoms with Gasteiger partial charge in [0.05, 0.1) is 18.9 Å². The second kappa shape index (κ2) is 6.86. The summed E-state index contributed by atoms with van der Waals surface area (Å²) >= 11 is 1.54. The molecule has 1 amide bonds. The lowest BCUT2D eigenvalue weighted by molar-refractivity contribution is -0.119. The Balaban J connectivity index is 1.77. The minimum atomic E-state index is -0.701. The van der Waals surface area contributed by atoms with Crippen molar-refractivity contribution in [1.29, 1.82) is 5.26 Å². The van der Waals surface area contributed by atoms with Crippen molar-refractivity contribution in [3.05, 3.63) is 29.8 Å². The van der Waals surface area contributed by atoms with Crippen molar-refractivity contribution in [1.82, 2.24) is 5.32 Å². The van der Waals surface area contributed by atoms with Crippen molar-refractivity contribution in [2.45, 2.75) is 31.1 Å². The zero-order valence-electron chi connectivity index (χ0n) is 12.4. The van der Waals surface area contributed by atoms with Gasteiger partial charge in [-0.3, -0.25) is 4.79 Å². The van der Waals surface area contributed by atoms with Crippen molar-refractivity contribution >= 4 is 17.7 Å². The third-order valence-electron chi connectivity index (χ3n) is 3.66. The maximum absolute atomic E-state index is 12.0. The predicted molar refractivity (Wildman–Crippen MR) is 84.0 cm³/mol. The maximum Gasteiger partial charge on any atom is 0.231 e. The van der Waals surface area contributed by atoms with Gasteiger partial charge in [0.2, 0.25) is 5.91 Å². The molecule has 21 heavy (non-hydrogen) atoms. The lowest BCUT2D eigenvalue weighted by atomic mass is 9.98. The Hall–Kier alpha value is -1.67. The first-order valence-corrected chi connectivity index (χ1v) is 8.16. The summed E-state index contributed by atoms with van der Waals surface area (Å²) < 4.78 is 5.17. The van der Waals surface area contributed by atoms with Crippen molar-refractivity contribution in [3.8, 4) is 11.8 Å². The van der Waals surface area contributed by atoms with Crippen LogP contribution < -0.4 is 10.1 Å². The molecular weight excluding hydrogens is 284 g/mol. The Morgan fingerprint density at radius 2 is 2.33 bits per heavy atom. The summed E-state index contributed by atoms with van der Waals surface area (Å²) in [5.41, 5.74) is 0.422. The molecule has 112 valence electrons. The zero-order valence-corrected chi connectivity index (χ0v) is 13.2. The smallest absolute Gasteiger partial charge is 0.231 e. The molecule has 0 bridgehead atoms. The van der Waals surface area contributed by atoms with Gasteiger partial charge in [-0.1, -0.05) is 12.1 Å². The molecule has 1 atom stereocenters. The Kier molecular flexibility index (Phi) is 5.13. The van der Waals surface area contributed by atoms with E-state index in [0.717, 1.165) is 29.9 Å². The Bertz CT molecular complexity index is 551. The summed E-state index contributed by atoms with van der Waals surface area (Å²) in [6.45, 7) is 1.81. The molecule has 1 N–H and O–H groups in total. The van der Waals surface area contributed by atoms with E-state index in [1.54, 1.807) is 7.11 Å². The Labute approximate surface area is 129 Å². The molecule has 2 rings (SSSR count). The molecule has 0 spiro atoms. The summed E-state index contributed by atoms with van der Waals surface area (Å²) in [6.07, 6.45) is 2.06. The zero-order chi connectivity index (χ0) is 15.3. The molecule has 1 aromatic rings. The number of nitrogens with one attached hydrogen (secondary N) is 1. The second-order valence-electron chi connectivity index (χ2n) is 5.48. The minimum absolute atomic E-state index is 0.0705. The molecule has 1 aliphatic carbocycles. The number of amides is 1. The van der Waals surface area contributed by atoms with Gasteiger partial charge in [-0.15, -0.1) is 11.8 Å². The topological polar surface area (TPSA) is 62.1 Å². The highest BCUT2D eigenvalue weighted by Crippen LogP contribution is 2.39. The number of carbonyl (C=O) groups excluding carboxylic acids is 1. The number of rotatable bonds is 7. The minimum Gasteiger partial charge on any atom is -0.497 e. The molecule has 0 heterocycles. The van der Waals surface area contributed by atoms with Crippen LogP contribution in [0.2, 0.25) is 0 Å². The van der Waals surface area contributed by atoms with Crippen LogP contribution >= 0.6 is 11.8 Å². The standard InChI is InChI=1S/C16H20N2O2S/c1-16(11-17,13-6-7-13)18-15(19)10-21-9-12-4-3-5-14(8-12)20-2/h3-5,8,13H,6-7,9-10H2,1-2H3,(H,18,19)/t16-/m1/s1. The molecule has 0 aliphatic heterocycles. The lowest BCUT2D eigenvalue weighted by Crippen LogP contribution is -2.47. The molecular formula is C16H20N2O2S. The van der Waals surface area contributed by atoms with Crippen LogP contribution in [0.4, 0.5) is 0 Å². The molecule has 1 saturated carbocycles. The van der Waals surface area contributed by atoms with Gasteiger partial charge in [-0.25, -0.2) is 0 Å². The molecule has 5 heteroatoms. The van der Waals surface area contributed by atoms with Crippen molar-refractivity contribution in [3.63, 3.8) is 0 Å². The molecule has 0 aromatic heterocycles. The quantitative estimate of drug-likeness (QED) is 0.841. The molecule has 1 fully saturated rings. The number of hydrogen-bond acceptors (Lipinski definition) is 4. The third kappa shape index (κ3) is 4.40. The largest absolute Gasteiger partial charge is 0.497 e. The highest BCUT2D eigenvalue weighted by molar-refractivity contribution is 7.99. The molecule has 1 aliphatic rings. The van der Waals surface area contributed by atoms with Crippen LogP contribution in [0.15, 0.2) is 24.3 Å². The van der Waals surface area contributed by atoms with E-state index in [9.17, 15) is 10.1 Å². The average Bonchev–Trinajstić information content (AvgIpc) is 3.32. The Morgan fingerprint density at radius 3 is 2.95 bits per heavy atom. The number of hydrogen-bond donors (Lipinski definition) is 1. The number of methoxy groups -OCH3 is 1. The van der Waals surface area contributed by atoms with Gasteiger partial charge in [-0.05, 0) is 43.4 Å². The maximum atomic E-state index is 12.0. The van der Waals surface area contributed by atoms with Crippen LogP contribution in [0, 0.1) is 17.2 Å². The van der Waals surface area contributed by atoms with Gasteiger partial charge in [0.15, 0.2) is 0 Å². The van der Waals surface area contributed by atoms with Gasteiger partial charge < -0.3 is 10.1 Å². The highest BCUT2D eigenvalue weighted by atomic mass is 32.2. The normalized spacial score (nSPS) is 16.6. The van der Waals surface area contributed by atoms with E-state index in [4.69, 9.17) is 4.74 Å². The van der Waals surface area contributed by atoms with E-state index < -0.39 is 5.54 Å². The van der Waals surface area contributed by atoms with E-state index in [2.05, 4.69) is 11.4 Å². The first-order chi connectivity index (χ1) is 10.1. The first-order valence-electron chi connectivity index (χ1n) is 7.00. The van der Waals surface area contributed by atoms with E-state index in [1.165, 1.54) is 11.8 Å². The average molecular weight is 304 g/mol. The molecule has 4 nitrogen and oxygen atoms in total. The summed E-state index contributed by atoms with van der Waals surface area (Å²) in [5.74, 6) is 2.18. The fourth-order valence-electron chi connectivity index (χ4n) is 2.23. The van der Waals surface area contributed by atoms with Gasteiger partial charge in [0.25, 0.3) is 0 Å². The monoisotopic (exact) mass is 304 g/mol. The molecule has 0 saturated heterocycles. The summed E-state index contributed by atoms with van der Waals surface area (Å²) in [6, 6.07) is 10.1. The lowest BCUT2D eigenvalue weighted by Gasteiger charge is -2.22. The molecule has 0 unspecified atom stereocenters. The number of thioether (sulfide) groups is 1. The predicted octanol–water partition coefficient (Wildman–Crippen LogP) is 2.74. The Morgan fingerprint density at radius 1 is 1.57 bits per heavy atom. The van der Waals surface area contributed by atoms with E-state index in [0.29, 0.717) is 11.7 Å². The SMILES string of the molecule is COc1cccc(CSCC(=O)N[C@](C)(C#N)C2CC2)c1. The fraction of sp³-hybridized carbons (Fsp3) is 0.500. The van der Waals surface area contributed by atoms with Crippen LogP contribution in [0.25, 0.3) is 0 Å². The van der Waals surface area contributed by atoms with E-state index in [1.807, 2.05) is 31.2 Å². The van der Waals surface area contributed by atoms with Crippen LogP contribution in [-0.2, 0) is 10.5 Å². The van der Waals surface area contributed by atoms with Crippen molar-refractivity contribution < 1.29 is 9.53 Å². The summed E-state index contributed by atoms with van der Waals surface area (Å²) in [5, 5.41) is 12.1. The van der Waals surface area contributed by atoms with Crippen LogP contribution in [0.1, 0.15) is 25.3 Å². The van der Waals surface area contributed by atoms with Gasteiger partial charge in [-0.2, -0.15) is 5.26 Å². The summed E-state index contributed by atoms with van der Waals surface area (Å²) in [7, 11) is 1.64. The fourth-order valence-corrected chi connectivity index (χ4v) is 3.01. The number of carbonyl (C=O) groups is 1. The van der Waals surface area contributed by atoms with Crippen LogP contribution in [-0.4, -0.2) is 24.3 Å². The number of nitriles is 1. The number of nitrogens with zero attached hydrogens (tertiary/aromatic N) is 1. The van der Waals surface area contributed by atoms with E-state index in [-0.39, 0.29) is 5.91 Å². The van der Waals surface area contributed by atoms with Gasteiger partial charge in [0, 0.05) is 5.75 Å². The van der Waals surface area contributed by atoms with Crippen LogP contribution in [0.5, 0.6) is 5.75 Å². The molecule has 0 radical (unpaired) electrons. The highest BCUT2D eigenvalue weighted by Gasteiger charge is 2.42. The van der Waals surface area contributed by atoms with Crippen LogP contribution in [0.3, 0.4) is 0 Å². The van der Waals surface area contributed by atoms with Crippen molar-refractivity contribution in [2.75, 3.05) is 12.9 Å². The summed E-state index contributed by atoms with van der Waals surface area (Å²) in [4.78, 5) is 12.0. The van der Waals surface area contributed by atoms with Crippen molar-refractivity contribution in [2.24, 2.45) is 5.92 Å².